The van der Waals surface area contributed by atoms with Gasteiger partial charge in [0.05, 0.1) is 6.04 Å². The molecule has 0 aromatic carbocycles. The van der Waals surface area contributed by atoms with E-state index in [1.807, 2.05) is 12.3 Å². The highest BCUT2D eigenvalue weighted by atomic mass is 32.1. The summed E-state index contributed by atoms with van der Waals surface area (Å²) in [5.74, 6) is -0.00681. The Kier molecular flexibility index (Phi) is 4.02. The predicted molar refractivity (Wildman–Crippen MR) is 74.8 cm³/mol. The van der Waals surface area contributed by atoms with E-state index in [-0.39, 0.29) is 17.4 Å². The third-order valence-electron chi connectivity index (χ3n) is 3.76. The van der Waals surface area contributed by atoms with E-state index in [1.54, 1.807) is 6.20 Å². The number of thiazole rings is 1. The first kappa shape index (κ1) is 13.5. The molecule has 0 radical (unpaired) electrons. The smallest absolute Gasteiger partial charge is 0.243 e. The molecule has 0 spiro atoms. The van der Waals surface area contributed by atoms with Crippen LogP contribution in [0.3, 0.4) is 0 Å². The average molecular weight is 267 g/mol. The average Bonchev–Trinajstić information content (AvgIpc) is 2.89. The van der Waals surface area contributed by atoms with Crippen LogP contribution in [0.25, 0.3) is 0 Å². The van der Waals surface area contributed by atoms with Gasteiger partial charge in [0.15, 0.2) is 5.13 Å². The molecule has 18 heavy (non-hydrogen) atoms. The minimum atomic E-state index is -0.184. The van der Waals surface area contributed by atoms with Gasteiger partial charge in [-0.25, -0.2) is 4.98 Å². The number of amides is 1. The van der Waals surface area contributed by atoms with Crippen molar-refractivity contribution in [1.29, 1.82) is 0 Å². The van der Waals surface area contributed by atoms with Crippen molar-refractivity contribution in [3.63, 3.8) is 0 Å². The van der Waals surface area contributed by atoms with E-state index in [0.29, 0.717) is 11.2 Å². The monoisotopic (exact) mass is 267 g/mol. The van der Waals surface area contributed by atoms with E-state index in [2.05, 4.69) is 29.5 Å². The van der Waals surface area contributed by atoms with Crippen LogP contribution in [0.15, 0.2) is 11.6 Å². The van der Waals surface area contributed by atoms with E-state index in [9.17, 15) is 4.79 Å². The Morgan fingerprint density at radius 2 is 2.39 bits per heavy atom. The zero-order valence-corrected chi connectivity index (χ0v) is 12.0. The van der Waals surface area contributed by atoms with Gasteiger partial charge in [0.25, 0.3) is 0 Å². The summed E-state index contributed by atoms with van der Waals surface area (Å²) in [5.41, 5.74) is 0.287. The van der Waals surface area contributed by atoms with E-state index >= 15 is 0 Å². The molecule has 1 amide bonds. The van der Waals surface area contributed by atoms with Crippen LogP contribution < -0.4 is 10.6 Å². The molecule has 1 aromatic rings. The molecule has 0 bridgehead atoms. The van der Waals surface area contributed by atoms with Gasteiger partial charge in [-0.2, -0.15) is 0 Å². The lowest BCUT2D eigenvalue weighted by Gasteiger charge is -2.30. The second-order valence-electron chi connectivity index (χ2n) is 5.65. The molecule has 1 aliphatic rings. The summed E-state index contributed by atoms with van der Waals surface area (Å²) in [7, 11) is 0. The Morgan fingerprint density at radius 1 is 1.61 bits per heavy atom. The molecule has 2 rings (SSSR count). The first-order valence-corrected chi connectivity index (χ1v) is 7.33. The first-order valence-electron chi connectivity index (χ1n) is 6.45. The number of nitrogens with zero attached hydrogens (tertiary/aromatic N) is 1. The van der Waals surface area contributed by atoms with Gasteiger partial charge in [-0.15, -0.1) is 11.3 Å². The van der Waals surface area contributed by atoms with E-state index in [1.165, 1.54) is 24.2 Å². The van der Waals surface area contributed by atoms with Gasteiger partial charge in [-0.05, 0) is 25.2 Å². The summed E-state index contributed by atoms with van der Waals surface area (Å²) in [6.07, 6.45) is 5.32. The molecule has 1 aromatic heterocycles. The number of nitrogens with one attached hydrogen (secondary N) is 2. The van der Waals surface area contributed by atoms with Gasteiger partial charge >= 0.3 is 0 Å². The fourth-order valence-electron chi connectivity index (χ4n) is 2.51. The van der Waals surface area contributed by atoms with Crippen molar-refractivity contribution < 1.29 is 4.79 Å². The molecule has 4 nitrogen and oxygen atoms in total. The number of aromatic nitrogens is 1. The predicted octanol–water partition coefficient (Wildman–Crippen LogP) is 2.64. The number of hydrogen-bond acceptors (Lipinski definition) is 4. The summed E-state index contributed by atoms with van der Waals surface area (Å²) in [5, 5.41) is 8.80. The molecule has 1 fully saturated rings. The Morgan fingerprint density at radius 3 is 2.94 bits per heavy atom. The van der Waals surface area contributed by atoms with Crippen molar-refractivity contribution in [1.82, 2.24) is 10.3 Å². The van der Waals surface area contributed by atoms with Gasteiger partial charge < -0.3 is 10.6 Å². The maximum Gasteiger partial charge on any atom is 0.243 e. The third kappa shape index (κ3) is 3.09. The maximum atomic E-state index is 12.0. The minimum Gasteiger partial charge on any atom is -0.303 e. The van der Waals surface area contributed by atoms with Crippen molar-refractivity contribution in [2.45, 2.75) is 52.1 Å². The lowest BCUT2D eigenvalue weighted by atomic mass is 9.87. The molecule has 0 saturated heterocycles. The molecule has 0 unspecified atom stereocenters. The van der Waals surface area contributed by atoms with Crippen LogP contribution in [0.5, 0.6) is 0 Å². The normalized spacial score (nSPS) is 23.8. The van der Waals surface area contributed by atoms with Gasteiger partial charge in [0.1, 0.15) is 0 Å². The summed E-state index contributed by atoms with van der Waals surface area (Å²) >= 11 is 1.44. The van der Waals surface area contributed by atoms with Crippen molar-refractivity contribution in [3.05, 3.63) is 11.6 Å². The number of hydrogen-bond donors (Lipinski definition) is 2. The van der Waals surface area contributed by atoms with Crippen LogP contribution in [0.1, 0.15) is 40.0 Å². The Bertz CT molecular complexity index is 402. The Hall–Kier alpha value is -0.940. The van der Waals surface area contributed by atoms with Crippen LogP contribution in [0.2, 0.25) is 0 Å². The fourth-order valence-corrected chi connectivity index (χ4v) is 3.04. The van der Waals surface area contributed by atoms with E-state index in [4.69, 9.17) is 0 Å². The lowest BCUT2D eigenvalue weighted by molar-refractivity contribution is -0.118. The van der Waals surface area contributed by atoms with Crippen molar-refractivity contribution >= 4 is 22.4 Å². The summed E-state index contributed by atoms with van der Waals surface area (Å²) in [6.45, 7) is 6.45. The van der Waals surface area contributed by atoms with Gasteiger partial charge in [0.2, 0.25) is 5.91 Å². The topological polar surface area (TPSA) is 54.0 Å². The molecule has 1 heterocycles. The number of carbonyl (C=O) groups excluding carboxylic acids is 1. The van der Waals surface area contributed by atoms with E-state index < -0.39 is 0 Å². The van der Waals surface area contributed by atoms with Gasteiger partial charge in [-0.1, -0.05) is 20.3 Å². The fraction of sp³-hybridized carbons (Fsp3) is 0.692. The van der Waals surface area contributed by atoms with Crippen LogP contribution in [0, 0.1) is 5.41 Å². The van der Waals surface area contributed by atoms with Crippen LogP contribution in [0.4, 0.5) is 5.13 Å². The zero-order valence-electron chi connectivity index (χ0n) is 11.2. The van der Waals surface area contributed by atoms with Gasteiger partial charge in [-0.3, -0.25) is 4.79 Å². The lowest BCUT2D eigenvalue weighted by Crippen LogP contribution is -2.47. The van der Waals surface area contributed by atoms with Gasteiger partial charge in [0, 0.05) is 17.6 Å². The summed E-state index contributed by atoms with van der Waals surface area (Å²) in [4.78, 5) is 16.1. The molecule has 1 aliphatic carbocycles. The summed E-state index contributed by atoms with van der Waals surface area (Å²) < 4.78 is 0. The molecule has 2 N–H and O–H groups in total. The molecule has 100 valence electrons. The molecular formula is C13H21N3OS. The number of anilines is 1. The van der Waals surface area contributed by atoms with Crippen molar-refractivity contribution in [2.75, 3.05) is 5.32 Å². The van der Waals surface area contributed by atoms with Crippen LogP contribution in [-0.4, -0.2) is 23.0 Å². The molecule has 0 aliphatic heterocycles. The third-order valence-corrected chi connectivity index (χ3v) is 4.45. The van der Waals surface area contributed by atoms with Crippen molar-refractivity contribution in [2.24, 2.45) is 5.41 Å². The Balaban J connectivity index is 1.87. The summed E-state index contributed by atoms with van der Waals surface area (Å²) in [6, 6.07) is 0.241. The molecule has 1 saturated carbocycles. The maximum absolute atomic E-state index is 12.0. The van der Waals surface area contributed by atoms with Crippen LogP contribution >= 0.6 is 11.3 Å². The van der Waals surface area contributed by atoms with Crippen LogP contribution in [-0.2, 0) is 4.79 Å². The van der Waals surface area contributed by atoms with E-state index in [0.717, 1.165) is 6.42 Å². The quantitative estimate of drug-likeness (QED) is 0.881. The highest BCUT2D eigenvalue weighted by Gasteiger charge is 2.35. The number of carbonyl (C=O) groups is 1. The highest BCUT2D eigenvalue weighted by Crippen LogP contribution is 2.37. The Labute approximate surface area is 112 Å². The second kappa shape index (κ2) is 5.36. The first-order chi connectivity index (χ1) is 8.49. The molecule has 5 heteroatoms. The van der Waals surface area contributed by atoms with Crippen molar-refractivity contribution in [3.8, 4) is 0 Å². The standard InChI is InChI=1S/C13H21N3OS/c1-9(11(17)16-12-14-7-8-18-12)15-10-5-4-6-13(10,2)3/h7-10,15H,4-6H2,1-3H3,(H,14,16,17)/t9-,10+/m0/s1. The molecular weight excluding hydrogens is 246 g/mol. The SMILES string of the molecule is C[C@H](N[C@@H]1CCCC1(C)C)C(=O)Nc1nccs1. The minimum absolute atomic E-state index is 0.00681. The second-order valence-corrected chi connectivity index (χ2v) is 6.54. The highest BCUT2D eigenvalue weighted by molar-refractivity contribution is 7.13. The largest absolute Gasteiger partial charge is 0.303 e. The molecule has 2 atom stereocenters. The number of rotatable bonds is 4. The zero-order chi connectivity index (χ0) is 13.2.